The van der Waals surface area contributed by atoms with E-state index in [1.807, 2.05) is 21.1 Å². The first-order chi connectivity index (χ1) is 32.6. The lowest BCUT2D eigenvalue weighted by atomic mass is 10.0. The second-order valence-electron chi connectivity index (χ2n) is 20.6. The third kappa shape index (κ3) is 51.4. The molecule has 1 N–H and O–H groups in total. The van der Waals surface area contributed by atoms with Crippen LogP contribution < -0.4 is 0 Å². The van der Waals surface area contributed by atoms with Gasteiger partial charge in [0.1, 0.15) is 13.2 Å². The molecule has 9 nitrogen and oxygen atoms in total. The van der Waals surface area contributed by atoms with Crippen LogP contribution in [0.15, 0.2) is 24.3 Å². The van der Waals surface area contributed by atoms with Crippen molar-refractivity contribution in [3.05, 3.63) is 24.3 Å². The number of hydrogen-bond donors (Lipinski definition) is 1. The van der Waals surface area contributed by atoms with Crippen molar-refractivity contribution in [3.63, 3.8) is 0 Å². The molecule has 0 aliphatic rings. The maximum absolute atomic E-state index is 12.8. The minimum absolute atomic E-state index is 0.183. The van der Waals surface area contributed by atoms with Crippen molar-refractivity contribution in [3.8, 4) is 0 Å². The number of hydrogen-bond acceptors (Lipinski definition) is 7. The maximum Gasteiger partial charge on any atom is 0.361 e. The number of esters is 2. The molecule has 0 fully saturated rings. The van der Waals surface area contributed by atoms with Crippen molar-refractivity contribution in [2.45, 2.75) is 283 Å². The molecule has 0 radical (unpaired) electrons. The van der Waals surface area contributed by atoms with Gasteiger partial charge in [-0.25, -0.2) is 4.79 Å². The molecule has 67 heavy (non-hydrogen) atoms. The Morgan fingerprint density at radius 2 is 0.806 bits per heavy atom. The van der Waals surface area contributed by atoms with Gasteiger partial charge in [0.25, 0.3) is 6.29 Å². The van der Waals surface area contributed by atoms with E-state index >= 15 is 0 Å². The molecule has 0 aromatic rings. The number of allylic oxidation sites excluding steroid dienone is 4. The summed E-state index contributed by atoms with van der Waals surface area (Å²) in [5.74, 6) is -2.01. The van der Waals surface area contributed by atoms with Crippen molar-refractivity contribution in [1.29, 1.82) is 0 Å². The quantitative estimate of drug-likeness (QED) is 0.0211. The largest absolute Gasteiger partial charge is 0.477 e. The van der Waals surface area contributed by atoms with E-state index in [0.717, 1.165) is 57.8 Å². The fraction of sp³-hybridized carbons (Fsp3) is 0.879. The summed E-state index contributed by atoms with van der Waals surface area (Å²) < 4.78 is 22.8. The minimum atomic E-state index is -1.51. The monoisotopic (exact) mass is 949 g/mol. The number of unbranched alkanes of at least 4 members (excludes halogenated alkanes) is 34. The Hall–Kier alpha value is -2.23. The normalized spacial score (nSPS) is 12.9. The highest BCUT2D eigenvalue weighted by Gasteiger charge is 2.25. The highest BCUT2D eigenvalue weighted by molar-refractivity contribution is 5.71. The van der Waals surface area contributed by atoms with Crippen LogP contribution in [0.5, 0.6) is 0 Å². The summed E-state index contributed by atoms with van der Waals surface area (Å²) >= 11 is 0. The van der Waals surface area contributed by atoms with Crippen LogP contribution in [0.4, 0.5) is 0 Å². The fourth-order valence-electron chi connectivity index (χ4n) is 8.28. The van der Waals surface area contributed by atoms with E-state index in [-0.39, 0.29) is 32.2 Å². The van der Waals surface area contributed by atoms with Crippen LogP contribution in [0.2, 0.25) is 0 Å². The van der Waals surface area contributed by atoms with Gasteiger partial charge in [-0.15, -0.1) is 0 Å². The van der Waals surface area contributed by atoms with Crippen molar-refractivity contribution >= 4 is 17.9 Å². The molecule has 0 saturated carbocycles. The van der Waals surface area contributed by atoms with E-state index in [1.165, 1.54) is 180 Å². The van der Waals surface area contributed by atoms with E-state index in [4.69, 9.17) is 18.9 Å². The molecule has 0 amide bonds. The molecule has 0 heterocycles. The standard InChI is InChI=1S/C58H109NO8/c1-6-8-10-12-14-16-18-20-22-24-25-26-27-28-29-30-31-32-33-35-36-38-40-42-44-46-48-55(60)65-52-54(53-66-58(57(62)63)64-51-50-59(3,4)5)67-56(61)49-47-45-43-41-39-37-34-23-21-19-17-15-13-11-9-7-2/h17,19,23,34,54,58H,6-16,18,20-22,24-33,35-53H2,1-5H3/p+1/b19-17-,34-23-. The molecule has 0 spiro atoms. The van der Waals surface area contributed by atoms with Gasteiger partial charge in [-0.1, -0.05) is 237 Å². The number of carboxylic acid groups (broad SMARTS) is 1. The third-order valence-corrected chi connectivity index (χ3v) is 12.7. The molecule has 0 rings (SSSR count). The second-order valence-corrected chi connectivity index (χ2v) is 20.6. The molecular formula is C58H110NO8+. The number of carboxylic acids is 1. The number of carbonyl (C=O) groups excluding carboxylic acids is 2. The summed E-state index contributed by atoms with van der Waals surface area (Å²) in [5.41, 5.74) is 0. The number of nitrogens with zero attached hydrogens (tertiary/aromatic N) is 1. The number of likely N-dealkylation sites (N-methyl/N-ethyl adjacent to an activating group) is 1. The average molecular weight is 950 g/mol. The van der Waals surface area contributed by atoms with Crippen LogP contribution in [0.25, 0.3) is 0 Å². The first-order valence-electron chi connectivity index (χ1n) is 28.5. The Kier molecular flexibility index (Phi) is 48.5. The van der Waals surface area contributed by atoms with Crippen molar-refractivity contribution < 1.29 is 42.9 Å². The molecule has 0 aliphatic heterocycles. The van der Waals surface area contributed by atoms with Crippen LogP contribution in [0.1, 0.15) is 271 Å². The summed E-state index contributed by atoms with van der Waals surface area (Å²) in [6.45, 7) is 4.88. The van der Waals surface area contributed by atoms with Crippen LogP contribution in [-0.2, 0) is 33.3 Å². The van der Waals surface area contributed by atoms with E-state index in [0.29, 0.717) is 23.9 Å². The molecule has 2 atom stereocenters. The van der Waals surface area contributed by atoms with Gasteiger partial charge in [0.15, 0.2) is 6.10 Å². The van der Waals surface area contributed by atoms with Gasteiger partial charge in [0.2, 0.25) is 0 Å². The molecule has 0 aromatic heterocycles. The Balaban J connectivity index is 4.18. The van der Waals surface area contributed by atoms with E-state index < -0.39 is 24.3 Å². The molecule has 9 heteroatoms. The van der Waals surface area contributed by atoms with Crippen LogP contribution >= 0.6 is 0 Å². The zero-order valence-electron chi connectivity index (χ0n) is 44.8. The number of rotatable bonds is 53. The highest BCUT2D eigenvalue weighted by Crippen LogP contribution is 2.17. The summed E-state index contributed by atoms with van der Waals surface area (Å²) in [6.07, 6.45) is 55.5. The summed E-state index contributed by atoms with van der Waals surface area (Å²) in [6, 6.07) is 0. The average Bonchev–Trinajstić information content (AvgIpc) is 3.29. The van der Waals surface area contributed by atoms with E-state index in [1.54, 1.807) is 0 Å². The number of carbonyl (C=O) groups is 3. The van der Waals surface area contributed by atoms with Gasteiger partial charge in [0, 0.05) is 12.8 Å². The Labute approximate surface area is 414 Å². The number of aliphatic carboxylic acids is 1. The molecule has 0 aromatic carbocycles. The highest BCUT2D eigenvalue weighted by atomic mass is 16.7. The van der Waals surface area contributed by atoms with Crippen LogP contribution in [0.3, 0.4) is 0 Å². The zero-order chi connectivity index (χ0) is 49.2. The second kappa shape index (κ2) is 50.2. The molecule has 2 unspecified atom stereocenters. The van der Waals surface area contributed by atoms with E-state index in [9.17, 15) is 19.5 Å². The molecule has 0 bridgehead atoms. The lowest BCUT2D eigenvalue weighted by Crippen LogP contribution is -2.40. The maximum atomic E-state index is 12.8. The lowest BCUT2D eigenvalue weighted by molar-refractivity contribution is -0.870. The molecule has 0 aliphatic carbocycles. The van der Waals surface area contributed by atoms with Gasteiger partial charge >= 0.3 is 17.9 Å². The Bertz CT molecular complexity index is 1150. The van der Waals surface area contributed by atoms with Crippen molar-refractivity contribution in [2.24, 2.45) is 0 Å². The number of quaternary nitrogens is 1. The Morgan fingerprint density at radius 3 is 1.19 bits per heavy atom. The van der Waals surface area contributed by atoms with E-state index in [2.05, 4.69) is 38.2 Å². The summed E-state index contributed by atoms with van der Waals surface area (Å²) in [4.78, 5) is 37.3. The van der Waals surface area contributed by atoms with Crippen molar-refractivity contribution in [2.75, 3.05) is 47.5 Å². The molecule has 394 valence electrons. The van der Waals surface area contributed by atoms with Crippen LogP contribution in [0, 0.1) is 0 Å². The number of ether oxygens (including phenoxy) is 4. The SMILES string of the molecule is CCCCCC/C=C\C/C=C\CCCCCCCC(=O)OC(COC(=O)CCCCCCCCCCCCCCCCCCCCCCCCCCCC)COC(OCC[N+](C)(C)C)C(=O)O. The summed E-state index contributed by atoms with van der Waals surface area (Å²) in [5, 5.41) is 9.68. The summed E-state index contributed by atoms with van der Waals surface area (Å²) in [7, 11) is 5.97. The first kappa shape index (κ1) is 64.8. The molecule has 0 saturated heterocycles. The van der Waals surface area contributed by atoms with Crippen LogP contribution in [-0.4, -0.2) is 87.4 Å². The van der Waals surface area contributed by atoms with Gasteiger partial charge in [-0.2, -0.15) is 0 Å². The smallest absolute Gasteiger partial charge is 0.361 e. The zero-order valence-corrected chi connectivity index (χ0v) is 44.8. The predicted octanol–water partition coefficient (Wildman–Crippen LogP) is 16.3. The third-order valence-electron chi connectivity index (χ3n) is 12.7. The lowest BCUT2D eigenvalue weighted by Gasteiger charge is -2.25. The van der Waals surface area contributed by atoms with Gasteiger partial charge < -0.3 is 28.5 Å². The topological polar surface area (TPSA) is 108 Å². The van der Waals surface area contributed by atoms with Gasteiger partial charge in [0.05, 0.1) is 34.4 Å². The van der Waals surface area contributed by atoms with Gasteiger partial charge in [-0.3, -0.25) is 9.59 Å². The minimum Gasteiger partial charge on any atom is -0.477 e. The predicted molar refractivity (Wildman–Crippen MR) is 281 cm³/mol. The first-order valence-corrected chi connectivity index (χ1v) is 28.5. The van der Waals surface area contributed by atoms with Gasteiger partial charge in [-0.05, 0) is 44.9 Å². The Morgan fingerprint density at radius 1 is 0.448 bits per heavy atom. The fourth-order valence-corrected chi connectivity index (χ4v) is 8.28. The van der Waals surface area contributed by atoms with Crippen molar-refractivity contribution in [1.82, 2.24) is 0 Å². The molecular weight excluding hydrogens is 839 g/mol.